The van der Waals surface area contributed by atoms with Gasteiger partial charge in [-0.1, -0.05) is 30.3 Å². The van der Waals surface area contributed by atoms with E-state index in [0.29, 0.717) is 13.0 Å². The molecule has 0 saturated carbocycles. The van der Waals surface area contributed by atoms with Crippen LogP contribution in [0.15, 0.2) is 61.1 Å². The Hall–Kier alpha value is -3.45. The van der Waals surface area contributed by atoms with E-state index in [1.807, 2.05) is 35.2 Å². The summed E-state index contributed by atoms with van der Waals surface area (Å²) in [5.74, 6) is 0.0508. The number of aromatic amines is 1. The Labute approximate surface area is 187 Å². The lowest BCUT2D eigenvalue weighted by Crippen LogP contribution is -2.41. The van der Waals surface area contributed by atoms with Crippen molar-refractivity contribution >= 4 is 17.5 Å². The number of piperidine rings is 1. The van der Waals surface area contributed by atoms with Crippen molar-refractivity contribution in [1.29, 1.82) is 0 Å². The largest absolute Gasteiger partial charge is 0.373 e. The van der Waals surface area contributed by atoms with Gasteiger partial charge in [-0.05, 0) is 47.7 Å². The highest BCUT2D eigenvalue weighted by Gasteiger charge is 2.23. The van der Waals surface area contributed by atoms with Crippen molar-refractivity contribution < 1.29 is 14.3 Å². The summed E-state index contributed by atoms with van der Waals surface area (Å²) in [4.78, 5) is 32.4. The second-order valence-electron chi connectivity index (χ2n) is 8.10. The van der Waals surface area contributed by atoms with E-state index in [1.165, 1.54) is 6.92 Å². The summed E-state index contributed by atoms with van der Waals surface area (Å²) in [6, 6.07) is 16.1. The average molecular weight is 433 g/mol. The molecule has 2 amide bonds. The summed E-state index contributed by atoms with van der Waals surface area (Å²) in [5, 5.41) is 2.78. The van der Waals surface area contributed by atoms with Gasteiger partial charge in [-0.15, -0.1) is 0 Å². The number of carbonyl (C=O) groups excluding carboxylic acids is 2. The van der Waals surface area contributed by atoms with Gasteiger partial charge in [0.1, 0.15) is 0 Å². The number of hydrogen-bond acceptors (Lipinski definition) is 4. The van der Waals surface area contributed by atoms with Crippen LogP contribution in [0.25, 0.3) is 11.1 Å². The third kappa shape index (κ3) is 5.82. The van der Waals surface area contributed by atoms with Crippen LogP contribution in [-0.4, -0.2) is 45.9 Å². The summed E-state index contributed by atoms with van der Waals surface area (Å²) < 4.78 is 6.16. The summed E-state index contributed by atoms with van der Waals surface area (Å²) in [6.07, 6.45) is 5.51. The van der Waals surface area contributed by atoms with E-state index < -0.39 is 0 Å². The average Bonchev–Trinajstić information content (AvgIpc) is 3.31. The van der Waals surface area contributed by atoms with Crippen LogP contribution in [0, 0.1) is 0 Å². The van der Waals surface area contributed by atoms with Crippen molar-refractivity contribution in [2.45, 2.75) is 38.9 Å². The molecule has 7 nitrogen and oxygen atoms in total. The maximum absolute atomic E-state index is 12.4. The van der Waals surface area contributed by atoms with Crippen LogP contribution >= 0.6 is 0 Å². The predicted octanol–water partition coefficient (Wildman–Crippen LogP) is 3.79. The highest BCUT2D eigenvalue weighted by atomic mass is 16.5. The molecule has 0 atom stereocenters. The number of aromatic nitrogens is 2. The lowest BCUT2D eigenvalue weighted by Gasteiger charge is -2.32. The summed E-state index contributed by atoms with van der Waals surface area (Å²) in [5.41, 5.74) is 4.95. The van der Waals surface area contributed by atoms with Crippen LogP contribution in [0.3, 0.4) is 0 Å². The summed E-state index contributed by atoms with van der Waals surface area (Å²) in [6.45, 7) is 3.49. The molecule has 0 aliphatic carbocycles. The van der Waals surface area contributed by atoms with Gasteiger partial charge in [0.15, 0.2) is 0 Å². The number of likely N-dealkylation sites (tertiary alicyclic amines) is 1. The van der Waals surface area contributed by atoms with Crippen molar-refractivity contribution in [3.63, 3.8) is 0 Å². The van der Waals surface area contributed by atoms with Crippen LogP contribution in [0.4, 0.5) is 5.69 Å². The van der Waals surface area contributed by atoms with Gasteiger partial charge in [0.05, 0.1) is 25.5 Å². The first-order valence-corrected chi connectivity index (χ1v) is 10.9. The highest BCUT2D eigenvalue weighted by molar-refractivity contribution is 5.89. The minimum absolute atomic E-state index is 0.0788. The molecule has 1 aliphatic heterocycles. The lowest BCUT2D eigenvalue weighted by molar-refractivity contribution is -0.133. The van der Waals surface area contributed by atoms with Gasteiger partial charge in [-0.3, -0.25) is 9.59 Å². The van der Waals surface area contributed by atoms with Gasteiger partial charge in [0.25, 0.3) is 0 Å². The van der Waals surface area contributed by atoms with Crippen LogP contribution in [0.2, 0.25) is 0 Å². The normalized spacial score (nSPS) is 14.3. The molecule has 0 radical (unpaired) electrons. The molecule has 4 rings (SSSR count). The van der Waals surface area contributed by atoms with E-state index in [0.717, 1.165) is 54.0 Å². The summed E-state index contributed by atoms with van der Waals surface area (Å²) in [7, 11) is 0. The molecular formula is C25H28N4O3. The van der Waals surface area contributed by atoms with Crippen molar-refractivity contribution in [2.75, 3.05) is 18.4 Å². The van der Waals surface area contributed by atoms with E-state index in [1.54, 1.807) is 12.5 Å². The van der Waals surface area contributed by atoms with Crippen molar-refractivity contribution in [3.05, 3.63) is 72.3 Å². The molecule has 3 aromatic rings. The maximum atomic E-state index is 12.4. The molecule has 0 spiro atoms. The molecule has 1 saturated heterocycles. The molecule has 1 fully saturated rings. The Morgan fingerprint density at radius 2 is 1.91 bits per heavy atom. The molecule has 0 bridgehead atoms. The third-order valence-corrected chi connectivity index (χ3v) is 5.64. The first-order chi connectivity index (χ1) is 15.6. The van der Waals surface area contributed by atoms with Gasteiger partial charge in [-0.25, -0.2) is 4.98 Å². The number of ether oxygens (including phenoxy) is 1. The highest BCUT2D eigenvalue weighted by Crippen LogP contribution is 2.24. The monoisotopic (exact) mass is 432 g/mol. The Balaban J connectivity index is 1.27. The number of anilines is 1. The standard InChI is InChI=1S/C25H28N4O3/c1-18(30)28-22-7-5-20(6-8-22)21-4-2-3-19(13-21)16-32-24-9-11-29(12-10-24)25(31)14-23-15-26-17-27-23/h2-8,13,15,17,24H,9-12,14,16H2,1H3,(H,26,27)(H,28,30). The second kappa shape index (κ2) is 10.2. The topological polar surface area (TPSA) is 87.3 Å². The molecular weight excluding hydrogens is 404 g/mol. The van der Waals surface area contributed by atoms with E-state index in [4.69, 9.17) is 4.74 Å². The quantitative estimate of drug-likeness (QED) is 0.595. The number of nitrogens with zero attached hydrogens (tertiary/aromatic N) is 2. The number of amides is 2. The molecule has 32 heavy (non-hydrogen) atoms. The van der Waals surface area contributed by atoms with Gasteiger partial charge >= 0.3 is 0 Å². The van der Waals surface area contributed by atoms with E-state index in [-0.39, 0.29) is 17.9 Å². The number of imidazole rings is 1. The fourth-order valence-corrected chi connectivity index (χ4v) is 3.93. The second-order valence-corrected chi connectivity index (χ2v) is 8.10. The van der Waals surface area contributed by atoms with Crippen molar-refractivity contribution in [1.82, 2.24) is 14.9 Å². The Morgan fingerprint density at radius 1 is 1.12 bits per heavy atom. The molecule has 1 aromatic heterocycles. The number of rotatable bonds is 7. The Morgan fingerprint density at radius 3 is 2.59 bits per heavy atom. The van der Waals surface area contributed by atoms with Crippen LogP contribution in [-0.2, 0) is 27.4 Å². The maximum Gasteiger partial charge on any atom is 0.228 e. The fraction of sp³-hybridized carbons (Fsp3) is 0.320. The van der Waals surface area contributed by atoms with Gasteiger partial charge in [0.2, 0.25) is 11.8 Å². The molecule has 0 unspecified atom stereocenters. The zero-order valence-corrected chi connectivity index (χ0v) is 18.2. The first kappa shape index (κ1) is 21.8. The minimum Gasteiger partial charge on any atom is -0.373 e. The number of H-pyrrole nitrogens is 1. The summed E-state index contributed by atoms with van der Waals surface area (Å²) >= 11 is 0. The molecule has 2 heterocycles. The van der Waals surface area contributed by atoms with E-state index in [9.17, 15) is 9.59 Å². The van der Waals surface area contributed by atoms with Crippen molar-refractivity contribution in [3.8, 4) is 11.1 Å². The Bertz CT molecular complexity index is 1040. The first-order valence-electron chi connectivity index (χ1n) is 10.9. The number of carbonyl (C=O) groups is 2. The van der Waals surface area contributed by atoms with Crippen LogP contribution in [0.5, 0.6) is 0 Å². The van der Waals surface area contributed by atoms with Gasteiger partial charge < -0.3 is 19.9 Å². The molecule has 7 heteroatoms. The zero-order valence-electron chi connectivity index (χ0n) is 18.2. The third-order valence-electron chi connectivity index (χ3n) is 5.64. The number of nitrogens with one attached hydrogen (secondary N) is 2. The smallest absolute Gasteiger partial charge is 0.228 e. The van der Waals surface area contributed by atoms with E-state index in [2.05, 4.69) is 33.5 Å². The lowest BCUT2D eigenvalue weighted by atomic mass is 10.0. The predicted molar refractivity (Wildman–Crippen MR) is 123 cm³/mol. The van der Waals surface area contributed by atoms with Gasteiger partial charge in [-0.2, -0.15) is 0 Å². The molecule has 1 aliphatic rings. The molecule has 166 valence electrons. The zero-order chi connectivity index (χ0) is 22.3. The molecule has 2 aromatic carbocycles. The van der Waals surface area contributed by atoms with Crippen molar-refractivity contribution in [2.24, 2.45) is 0 Å². The van der Waals surface area contributed by atoms with Crippen LogP contribution < -0.4 is 5.32 Å². The molecule has 2 N–H and O–H groups in total. The Kier molecular flexibility index (Phi) is 6.97. The number of hydrogen-bond donors (Lipinski definition) is 2. The number of benzene rings is 2. The fourth-order valence-electron chi connectivity index (χ4n) is 3.93. The van der Waals surface area contributed by atoms with E-state index >= 15 is 0 Å². The van der Waals surface area contributed by atoms with Crippen LogP contribution in [0.1, 0.15) is 31.0 Å². The van der Waals surface area contributed by atoms with Gasteiger partial charge in [0, 0.05) is 37.6 Å². The SMILES string of the molecule is CC(=O)Nc1ccc(-c2cccc(COC3CCN(C(=O)Cc4cnc[nH]4)CC3)c2)cc1. The minimum atomic E-state index is -0.0788.